The summed E-state index contributed by atoms with van der Waals surface area (Å²) < 4.78 is 7.09. The quantitative estimate of drug-likeness (QED) is 0.110. The van der Waals surface area contributed by atoms with E-state index in [0.29, 0.717) is 14.6 Å². The minimum Gasteiger partial charge on any atom is -0.536 e. The smallest absolute Gasteiger partial charge is 0.338 e. The molecule has 0 heterocycles. The average Bonchev–Trinajstić information content (AvgIpc) is 2.58. The van der Waals surface area contributed by atoms with Crippen LogP contribution in [0.3, 0.4) is 0 Å². The lowest BCUT2D eigenvalue weighted by Crippen LogP contribution is -2.74. The molecule has 1 rings (SSSR count). The second-order valence-electron chi connectivity index (χ2n) is 21.0. The van der Waals surface area contributed by atoms with Gasteiger partial charge in [0, 0.05) is 56.5 Å². The molecule has 0 aliphatic heterocycles. The van der Waals surface area contributed by atoms with Gasteiger partial charge >= 0.3 is 7.66 Å². The minimum atomic E-state index is -1.96. The highest BCUT2D eigenvalue weighted by Gasteiger charge is 2.61. The first-order valence-electron chi connectivity index (χ1n) is 16.7. The van der Waals surface area contributed by atoms with E-state index < -0.39 is 64.2 Å². The lowest BCUT2D eigenvalue weighted by atomic mass is 10.1. The van der Waals surface area contributed by atoms with E-state index in [-0.39, 0.29) is 0 Å². The maximum absolute atomic E-state index is 6.74. The van der Waals surface area contributed by atoms with E-state index in [0.717, 1.165) is 5.76 Å². The molecule has 0 fully saturated rings. The zero-order chi connectivity index (χ0) is 34.7. The summed E-state index contributed by atoms with van der Waals surface area (Å²) in [5.41, 5.74) is 5.17. The van der Waals surface area contributed by atoms with Crippen molar-refractivity contribution in [3.8, 4) is 0 Å². The third-order valence-corrected chi connectivity index (χ3v) is 53.0. The molecule has 1 nitrogen and oxygen atoms in total. The fourth-order valence-corrected chi connectivity index (χ4v) is 71.2. The van der Waals surface area contributed by atoms with Crippen LogP contribution in [0.5, 0.6) is 0 Å². The van der Waals surface area contributed by atoms with Gasteiger partial charge in [-0.15, -0.1) is 0 Å². The normalized spacial score (nSPS) is 15.7. The molecule has 1 aromatic carbocycles. The second kappa shape index (κ2) is 13.1. The van der Waals surface area contributed by atoms with Crippen molar-refractivity contribution in [3.05, 3.63) is 41.2 Å². The van der Waals surface area contributed by atoms with Gasteiger partial charge in [0.25, 0.3) is 0 Å². The van der Waals surface area contributed by atoms with Crippen LogP contribution in [-0.2, 0) is 8.71 Å². The molecular formula is C33H73BrOSi8. The number of hydrogen-bond donors (Lipinski definition) is 0. The molecule has 43 heavy (non-hydrogen) atoms. The zero-order valence-corrected chi connectivity index (χ0v) is 42.6. The summed E-state index contributed by atoms with van der Waals surface area (Å²) in [4.78, 5) is 0. The van der Waals surface area contributed by atoms with Gasteiger partial charge in [0.2, 0.25) is 0 Å². The molecule has 0 aromatic heterocycles. The van der Waals surface area contributed by atoms with Crippen LogP contribution < -0.4 is 5.19 Å². The Labute approximate surface area is 287 Å². The molecule has 250 valence electrons. The van der Waals surface area contributed by atoms with Crippen molar-refractivity contribution < 1.29 is 4.43 Å². The SMILES string of the molecule is C=C(C)O[SiH](Br)c1c(C([Si](C)(C)C)[Si](C)(C)C)cc(C([Si](C)(C)C)([Si](C)(C)C)[Si](C)(C)C)cc1C([Si](C)(C)C)[Si](C)(C)C. The first-order chi connectivity index (χ1) is 18.5. The Hall–Kier alpha value is 0.975. The highest BCUT2D eigenvalue weighted by molar-refractivity contribution is 9.24. The van der Waals surface area contributed by atoms with Crippen molar-refractivity contribution in [3.63, 3.8) is 0 Å². The summed E-state index contributed by atoms with van der Waals surface area (Å²) in [6.07, 6.45) is 0. The third kappa shape index (κ3) is 8.91. The second-order valence-corrected chi connectivity index (χ2v) is 64.6. The Morgan fingerprint density at radius 2 is 0.860 bits per heavy atom. The lowest BCUT2D eigenvalue weighted by molar-refractivity contribution is 0.462. The van der Waals surface area contributed by atoms with E-state index in [9.17, 15) is 0 Å². The maximum Gasteiger partial charge on any atom is 0.338 e. The van der Waals surface area contributed by atoms with Gasteiger partial charge < -0.3 is 4.43 Å². The Bertz CT molecular complexity index is 1030. The Morgan fingerprint density at radius 1 is 0.605 bits per heavy atom. The summed E-state index contributed by atoms with van der Waals surface area (Å²) >= 11 is 4.33. The fraction of sp³-hybridized carbons (Fsp3) is 0.758. The largest absolute Gasteiger partial charge is 0.536 e. The summed E-state index contributed by atoms with van der Waals surface area (Å²) in [5.74, 6) is 0.852. The molecule has 0 amide bonds. The summed E-state index contributed by atoms with van der Waals surface area (Å²) in [6, 6.07) is 5.73. The van der Waals surface area contributed by atoms with Crippen LogP contribution in [0.15, 0.2) is 24.5 Å². The molecule has 0 aliphatic carbocycles. The van der Waals surface area contributed by atoms with E-state index in [2.05, 4.69) is 171 Å². The number of hydrogen-bond acceptors (Lipinski definition) is 1. The molecule has 0 N–H and O–H groups in total. The van der Waals surface area contributed by atoms with E-state index >= 15 is 0 Å². The van der Waals surface area contributed by atoms with Gasteiger partial charge in [-0.3, -0.25) is 0 Å². The van der Waals surface area contributed by atoms with Crippen molar-refractivity contribution in [2.45, 2.75) is 159 Å². The summed E-state index contributed by atoms with van der Waals surface area (Å²) in [5, 5.41) is 2.95. The lowest BCUT2D eigenvalue weighted by Gasteiger charge is -2.60. The highest BCUT2D eigenvalue weighted by atomic mass is 79.9. The Kier molecular flexibility index (Phi) is 12.8. The Morgan fingerprint density at radius 3 is 1.05 bits per heavy atom. The van der Waals surface area contributed by atoms with Gasteiger partial charge in [-0.25, -0.2) is 0 Å². The van der Waals surface area contributed by atoms with Gasteiger partial charge in [-0.2, -0.15) is 0 Å². The van der Waals surface area contributed by atoms with Crippen molar-refractivity contribution in [1.82, 2.24) is 0 Å². The van der Waals surface area contributed by atoms with Gasteiger partial charge in [-0.05, 0) is 43.4 Å². The maximum atomic E-state index is 6.74. The molecule has 0 bridgehead atoms. The fourth-order valence-electron chi connectivity index (χ4n) is 11.0. The van der Waals surface area contributed by atoms with Crippen LogP contribution in [0.2, 0.25) is 137 Å². The first kappa shape index (κ1) is 42.0. The molecule has 1 atom stereocenters. The molecule has 0 saturated carbocycles. The van der Waals surface area contributed by atoms with Gasteiger partial charge in [0.15, 0.2) is 0 Å². The summed E-state index contributed by atoms with van der Waals surface area (Å²) in [7, 11) is -13.5. The molecule has 10 heteroatoms. The van der Waals surface area contributed by atoms with Gasteiger partial charge in [-0.1, -0.05) is 171 Å². The number of benzene rings is 1. The molecule has 1 aromatic rings. The molecule has 0 spiro atoms. The molecule has 1 unspecified atom stereocenters. The first-order valence-corrected chi connectivity index (χ1v) is 45.7. The van der Waals surface area contributed by atoms with Gasteiger partial charge in [0.1, 0.15) is 0 Å². The molecule has 0 radical (unpaired) electrons. The average molecular weight is 791 g/mol. The predicted octanol–water partition coefficient (Wildman–Crippen LogP) is 11.6. The van der Waals surface area contributed by atoms with Crippen LogP contribution in [0.4, 0.5) is 0 Å². The third-order valence-electron chi connectivity index (χ3n) is 9.67. The number of halogens is 1. The molecular weight excluding hydrogens is 717 g/mol. The Balaban J connectivity index is 5.00. The van der Waals surface area contributed by atoms with Crippen LogP contribution >= 0.6 is 15.3 Å². The van der Waals surface area contributed by atoms with E-state index in [1.54, 1.807) is 21.9 Å². The molecule has 0 aliphatic rings. The van der Waals surface area contributed by atoms with Crippen molar-refractivity contribution in [2.24, 2.45) is 0 Å². The predicted molar refractivity (Wildman–Crippen MR) is 229 cm³/mol. The van der Waals surface area contributed by atoms with Crippen LogP contribution in [0.1, 0.15) is 33.9 Å². The van der Waals surface area contributed by atoms with E-state index in [1.165, 1.54) is 0 Å². The number of rotatable bonds is 13. The van der Waals surface area contributed by atoms with Crippen molar-refractivity contribution in [2.75, 3.05) is 0 Å². The van der Waals surface area contributed by atoms with Crippen LogP contribution in [0, 0.1) is 0 Å². The highest BCUT2D eigenvalue weighted by Crippen LogP contribution is 2.51. The van der Waals surface area contributed by atoms with Crippen LogP contribution in [0.25, 0.3) is 0 Å². The van der Waals surface area contributed by atoms with Crippen molar-refractivity contribution >= 4 is 84.7 Å². The van der Waals surface area contributed by atoms with Crippen LogP contribution in [-0.4, -0.2) is 64.2 Å². The van der Waals surface area contributed by atoms with Gasteiger partial charge in [0.05, 0.1) is 5.76 Å². The van der Waals surface area contributed by atoms with Crippen molar-refractivity contribution in [1.29, 1.82) is 0 Å². The standard InChI is InChI=1S/C33H73BrOSi8/c1-26(2)35-36(34)30-28(31(37(3,4)5)38(6,7)8)24-27(25-29(30)32(39(9,10)11)40(12,13)14)33(41(15,16)17,42(18,19)20)43(21,22)23/h24-25,31-32,36H,1H2,2-23H3. The topological polar surface area (TPSA) is 9.23 Å². The zero-order valence-electron chi connectivity index (χ0n) is 32.9. The van der Waals surface area contributed by atoms with E-state index in [4.69, 9.17) is 4.43 Å². The number of allylic oxidation sites excluding steroid dienone is 1. The monoisotopic (exact) mass is 788 g/mol. The molecule has 0 saturated heterocycles. The minimum absolute atomic E-state index is 0.348. The summed E-state index contributed by atoms with van der Waals surface area (Å²) in [6.45, 7) is 62.5. The van der Waals surface area contributed by atoms with E-state index in [1.807, 2.05) is 6.92 Å².